The molecular weight excluding hydrogens is 260 g/mol. The van der Waals surface area contributed by atoms with Gasteiger partial charge in [-0.05, 0) is 29.3 Å². The van der Waals surface area contributed by atoms with Crippen LogP contribution in [-0.2, 0) is 0 Å². The first-order chi connectivity index (χ1) is 10.3. The lowest BCUT2D eigenvalue weighted by Crippen LogP contribution is -2.20. The van der Waals surface area contributed by atoms with E-state index in [9.17, 15) is 10.1 Å². The quantitative estimate of drug-likeness (QED) is 0.718. The van der Waals surface area contributed by atoms with E-state index in [-0.39, 0.29) is 11.1 Å². The van der Waals surface area contributed by atoms with E-state index in [1.54, 1.807) is 12.3 Å². The van der Waals surface area contributed by atoms with Gasteiger partial charge in [0.05, 0.1) is 0 Å². The maximum absolute atomic E-state index is 12.3. The predicted molar refractivity (Wildman–Crippen MR) is 82.2 cm³/mol. The van der Waals surface area contributed by atoms with Crippen molar-refractivity contribution in [2.75, 3.05) is 0 Å². The van der Waals surface area contributed by atoms with Gasteiger partial charge in [0.15, 0.2) is 0 Å². The summed E-state index contributed by atoms with van der Waals surface area (Å²) in [6.07, 6.45) is 1.77. The summed E-state index contributed by atoms with van der Waals surface area (Å²) in [6, 6.07) is 22.6. The number of hydrogen-bond donors (Lipinski definition) is 0. The van der Waals surface area contributed by atoms with Crippen molar-refractivity contribution in [3.8, 4) is 22.9 Å². The first-order valence-corrected chi connectivity index (χ1v) is 6.57. The molecule has 3 rings (SSSR count). The van der Waals surface area contributed by atoms with Gasteiger partial charge in [-0.2, -0.15) is 5.26 Å². The van der Waals surface area contributed by atoms with E-state index in [4.69, 9.17) is 0 Å². The molecule has 0 aliphatic carbocycles. The van der Waals surface area contributed by atoms with Crippen LogP contribution < -0.4 is 5.56 Å². The zero-order valence-electron chi connectivity index (χ0n) is 11.2. The van der Waals surface area contributed by atoms with Crippen molar-refractivity contribution in [1.29, 1.82) is 5.26 Å². The van der Waals surface area contributed by atoms with E-state index in [1.807, 2.05) is 66.7 Å². The van der Waals surface area contributed by atoms with E-state index < -0.39 is 0 Å². The lowest BCUT2D eigenvalue weighted by Gasteiger charge is -2.09. The predicted octanol–water partition coefficient (Wildman–Crippen LogP) is 3.38. The van der Waals surface area contributed by atoms with Crippen LogP contribution in [0.1, 0.15) is 5.56 Å². The highest BCUT2D eigenvalue weighted by atomic mass is 16.1. The molecule has 3 heteroatoms. The summed E-state index contributed by atoms with van der Waals surface area (Å²) in [6.45, 7) is 0. The molecule has 2 aromatic carbocycles. The third kappa shape index (κ3) is 2.47. The number of para-hydroxylation sites is 1. The van der Waals surface area contributed by atoms with E-state index in [1.165, 1.54) is 4.57 Å². The SMILES string of the molecule is N#Cc1cc(-c2ccccc2)cn(-c2ccccc2)c1=O. The summed E-state index contributed by atoms with van der Waals surface area (Å²) in [4.78, 5) is 12.3. The summed E-state index contributed by atoms with van der Waals surface area (Å²) >= 11 is 0. The largest absolute Gasteiger partial charge is 0.283 e. The van der Waals surface area contributed by atoms with Crippen LogP contribution in [0.3, 0.4) is 0 Å². The van der Waals surface area contributed by atoms with Crippen molar-refractivity contribution >= 4 is 0 Å². The van der Waals surface area contributed by atoms with Crippen molar-refractivity contribution in [2.24, 2.45) is 0 Å². The van der Waals surface area contributed by atoms with Crippen molar-refractivity contribution in [2.45, 2.75) is 0 Å². The number of benzene rings is 2. The lowest BCUT2D eigenvalue weighted by atomic mass is 10.1. The molecule has 1 aromatic heterocycles. The Balaban J connectivity index is 2.26. The standard InChI is InChI=1S/C18H12N2O/c19-12-15-11-16(14-7-3-1-4-8-14)13-20(18(15)21)17-9-5-2-6-10-17/h1-11,13H. The molecule has 0 spiro atoms. The van der Waals surface area contributed by atoms with Gasteiger partial charge in [0.1, 0.15) is 11.6 Å². The number of pyridine rings is 1. The van der Waals surface area contributed by atoms with Crippen LogP contribution in [0.2, 0.25) is 0 Å². The molecule has 0 bridgehead atoms. The third-order valence-electron chi connectivity index (χ3n) is 3.28. The Hall–Kier alpha value is -3.12. The second kappa shape index (κ2) is 5.48. The molecule has 3 nitrogen and oxygen atoms in total. The highest BCUT2D eigenvalue weighted by Crippen LogP contribution is 2.19. The Bertz CT molecular complexity index is 859. The van der Waals surface area contributed by atoms with Gasteiger partial charge in [0.2, 0.25) is 0 Å². The molecule has 3 aromatic rings. The van der Waals surface area contributed by atoms with E-state index in [0.717, 1.165) is 16.8 Å². The molecule has 100 valence electrons. The average molecular weight is 272 g/mol. The lowest BCUT2D eigenvalue weighted by molar-refractivity contribution is 0.984. The molecule has 0 aliphatic rings. The molecule has 21 heavy (non-hydrogen) atoms. The van der Waals surface area contributed by atoms with E-state index >= 15 is 0 Å². The molecule has 0 fully saturated rings. The van der Waals surface area contributed by atoms with Gasteiger partial charge in [0.25, 0.3) is 5.56 Å². The minimum Gasteiger partial charge on any atom is -0.283 e. The minimum atomic E-state index is -0.302. The van der Waals surface area contributed by atoms with Crippen molar-refractivity contribution in [1.82, 2.24) is 4.57 Å². The van der Waals surface area contributed by atoms with Crippen LogP contribution >= 0.6 is 0 Å². The Morgan fingerprint density at radius 1 is 0.857 bits per heavy atom. The molecule has 0 atom stereocenters. The zero-order valence-corrected chi connectivity index (χ0v) is 11.2. The monoisotopic (exact) mass is 272 g/mol. The first-order valence-electron chi connectivity index (χ1n) is 6.57. The molecule has 0 saturated heterocycles. The Kier molecular flexibility index (Phi) is 3.36. The smallest absolute Gasteiger partial charge is 0.273 e. The Morgan fingerprint density at radius 3 is 2.10 bits per heavy atom. The Morgan fingerprint density at radius 2 is 1.48 bits per heavy atom. The zero-order chi connectivity index (χ0) is 14.7. The molecule has 0 N–H and O–H groups in total. The average Bonchev–Trinajstić information content (AvgIpc) is 2.56. The third-order valence-corrected chi connectivity index (χ3v) is 3.28. The molecule has 0 amide bonds. The summed E-state index contributed by atoms with van der Waals surface area (Å²) in [7, 11) is 0. The van der Waals surface area contributed by atoms with E-state index in [0.29, 0.717) is 0 Å². The fourth-order valence-electron chi connectivity index (χ4n) is 2.23. The molecule has 0 radical (unpaired) electrons. The highest BCUT2D eigenvalue weighted by molar-refractivity contribution is 5.64. The normalized spacial score (nSPS) is 10.0. The number of nitriles is 1. The first kappa shape index (κ1) is 12.9. The van der Waals surface area contributed by atoms with Crippen LogP contribution in [0, 0.1) is 11.3 Å². The molecule has 0 unspecified atom stereocenters. The summed E-state index contributed by atoms with van der Waals surface area (Å²) < 4.78 is 1.51. The molecule has 0 aliphatic heterocycles. The topological polar surface area (TPSA) is 45.8 Å². The highest BCUT2D eigenvalue weighted by Gasteiger charge is 2.09. The second-order valence-corrected chi connectivity index (χ2v) is 4.63. The van der Waals surface area contributed by atoms with Crippen LogP contribution in [0.15, 0.2) is 77.7 Å². The maximum Gasteiger partial charge on any atom is 0.273 e. The van der Waals surface area contributed by atoms with Gasteiger partial charge in [0, 0.05) is 11.9 Å². The summed E-state index contributed by atoms with van der Waals surface area (Å²) in [5.74, 6) is 0. The van der Waals surface area contributed by atoms with Gasteiger partial charge < -0.3 is 0 Å². The molecule has 1 heterocycles. The van der Waals surface area contributed by atoms with Crippen molar-refractivity contribution in [3.05, 3.63) is 88.8 Å². The van der Waals surface area contributed by atoms with Crippen LogP contribution in [0.5, 0.6) is 0 Å². The Labute approximate surface area is 122 Å². The molecular formula is C18H12N2O. The summed E-state index contributed by atoms with van der Waals surface area (Å²) in [5.41, 5.74) is 2.40. The number of rotatable bonds is 2. The fraction of sp³-hybridized carbons (Fsp3) is 0. The van der Waals surface area contributed by atoms with Crippen molar-refractivity contribution in [3.63, 3.8) is 0 Å². The molecule has 0 saturated carbocycles. The van der Waals surface area contributed by atoms with Gasteiger partial charge in [-0.1, -0.05) is 48.5 Å². The number of nitrogens with zero attached hydrogens (tertiary/aromatic N) is 2. The summed E-state index contributed by atoms with van der Waals surface area (Å²) in [5, 5.41) is 9.20. The van der Waals surface area contributed by atoms with Gasteiger partial charge >= 0.3 is 0 Å². The minimum absolute atomic E-state index is 0.139. The van der Waals surface area contributed by atoms with Crippen LogP contribution in [-0.4, -0.2) is 4.57 Å². The van der Waals surface area contributed by atoms with Crippen LogP contribution in [0.4, 0.5) is 0 Å². The van der Waals surface area contributed by atoms with Crippen LogP contribution in [0.25, 0.3) is 16.8 Å². The number of aromatic nitrogens is 1. The van der Waals surface area contributed by atoms with E-state index in [2.05, 4.69) is 0 Å². The number of hydrogen-bond acceptors (Lipinski definition) is 2. The van der Waals surface area contributed by atoms with Gasteiger partial charge in [-0.25, -0.2) is 0 Å². The van der Waals surface area contributed by atoms with Gasteiger partial charge in [-0.15, -0.1) is 0 Å². The van der Waals surface area contributed by atoms with Crippen molar-refractivity contribution < 1.29 is 0 Å². The van der Waals surface area contributed by atoms with Gasteiger partial charge in [-0.3, -0.25) is 9.36 Å². The second-order valence-electron chi connectivity index (χ2n) is 4.63. The fourth-order valence-corrected chi connectivity index (χ4v) is 2.23. The maximum atomic E-state index is 12.3.